The lowest BCUT2D eigenvalue weighted by Crippen LogP contribution is -2.52. The predicted octanol–water partition coefficient (Wildman–Crippen LogP) is 2.60. The van der Waals surface area contributed by atoms with Gasteiger partial charge in [0.1, 0.15) is 11.6 Å². The van der Waals surface area contributed by atoms with Crippen LogP contribution in [0.3, 0.4) is 0 Å². The second-order valence-corrected chi connectivity index (χ2v) is 6.46. The molecule has 28 heavy (non-hydrogen) atoms. The van der Waals surface area contributed by atoms with Gasteiger partial charge in [-0.3, -0.25) is 4.99 Å². The highest BCUT2D eigenvalue weighted by atomic mass is 19.1. The van der Waals surface area contributed by atoms with Crippen LogP contribution >= 0.6 is 0 Å². The largest absolute Gasteiger partial charge is 0.495 e. The van der Waals surface area contributed by atoms with Crippen LogP contribution in [0.15, 0.2) is 47.5 Å². The molecule has 0 unspecified atom stereocenters. The van der Waals surface area contributed by atoms with Gasteiger partial charge in [0.15, 0.2) is 5.96 Å². The van der Waals surface area contributed by atoms with E-state index in [0.29, 0.717) is 17.7 Å². The number of nitrogens with one attached hydrogen (secondary N) is 1. The summed E-state index contributed by atoms with van der Waals surface area (Å²) in [7, 11) is 3.41. The van der Waals surface area contributed by atoms with E-state index in [1.807, 2.05) is 24.3 Å². The third-order valence-corrected chi connectivity index (χ3v) is 4.84. The maximum atomic E-state index is 14.1. The highest BCUT2D eigenvalue weighted by molar-refractivity contribution is 5.80. The normalized spacial score (nSPS) is 14.6. The molecule has 7 heteroatoms. The maximum Gasteiger partial charge on any atom is 0.194 e. The minimum Gasteiger partial charge on any atom is -0.495 e. The van der Waals surface area contributed by atoms with Crippen molar-refractivity contribution in [2.24, 2.45) is 4.99 Å². The molecule has 1 saturated heterocycles. The predicted molar refractivity (Wildman–Crippen MR) is 108 cm³/mol. The van der Waals surface area contributed by atoms with Gasteiger partial charge in [0, 0.05) is 45.3 Å². The van der Waals surface area contributed by atoms with Gasteiger partial charge in [-0.25, -0.2) is 4.39 Å². The molecule has 0 aliphatic carbocycles. The number of aliphatic imine (C=N–C) groups is 1. The lowest BCUT2D eigenvalue weighted by atomic mass is 10.1. The number of nitriles is 1. The van der Waals surface area contributed by atoms with E-state index < -0.39 is 0 Å². The van der Waals surface area contributed by atoms with Crippen molar-refractivity contribution in [2.75, 3.05) is 45.2 Å². The van der Waals surface area contributed by atoms with Crippen LogP contribution in [0.4, 0.5) is 10.1 Å². The Bertz CT molecular complexity index is 885. The van der Waals surface area contributed by atoms with Gasteiger partial charge in [-0.15, -0.1) is 0 Å². The Kier molecular flexibility index (Phi) is 6.33. The number of methoxy groups -OCH3 is 1. The topological polar surface area (TPSA) is 63.9 Å². The summed E-state index contributed by atoms with van der Waals surface area (Å²) in [6, 6.07) is 14.5. The first-order chi connectivity index (χ1) is 13.7. The number of piperazine rings is 1. The van der Waals surface area contributed by atoms with Crippen LogP contribution in [0.5, 0.6) is 5.75 Å². The summed E-state index contributed by atoms with van der Waals surface area (Å²) in [6.07, 6.45) is 0. The van der Waals surface area contributed by atoms with E-state index in [1.54, 1.807) is 26.3 Å². The van der Waals surface area contributed by atoms with Crippen molar-refractivity contribution in [2.45, 2.75) is 6.54 Å². The van der Waals surface area contributed by atoms with Gasteiger partial charge in [0.25, 0.3) is 0 Å². The van der Waals surface area contributed by atoms with Crippen molar-refractivity contribution < 1.29 is 9.13 Å². The fourth-order valence-corrected chi connectivity index (χ4v) is 3.32. The number of nitrogens with zero attached hydrogens (tertiary/aromatic N) is 4. The van der Waals surface area contributed by atoms with Gasteiger partial charge in [0.2, 0.25) is 0 Å². The quantitative estimate of drug-likeness (QED) is 0.652. The number of halogens is 1. The standard InChI is InChI=1S/C21H24FN5O/c1-24-21(25-15-17-8-7-16(14-23)13-18(17)22)27-11-9-26(10-12-27)19-5-3-4-6-20(19)28-2/h3-8,13H,9-12,15H2,1-2H3,(H,24,25). The molecule has 0 radical (unpaired) electrons. The van der Waals surface area contributed by atoms with Gasteiger partial charge >= 0.3 is 0 Å². The number of hydrogen-bond acceptors (Lipinski definition) is 4. The van der Waals surface area contributed by atoms with Crippen LogP contribution in [0.25, 0.3) is 0 Å². The molecule has 0 bridgehead atoms. The molecule has 0 saturated carbocycles. The molecule has 3 rings (SSSR count). The Morgan fingerprint density at radius 1 is 1.21 bits per heavy atom. The van der Waals surface area contributed by atoms with E-state index in [1.165, 1.54) is 6.07 Å². The van der Waals surface area contributed by atoms with E-state index in [-0.39, 0.29) is 5.82 Å². The van der Waals surface area contributed by atoms with Crippen LogP contribution in [-0.4, -0.2) is 51.2 Å². The van der Waals surface area contributed by atoms with Crippen LogP contribution in [-0.2, 0) is 6.54 Å². The maximum absolute atomic E-state index is 14.1. The van der Waals surface area contributed by atoms with Crippen LogP contribution in [0.2, 0.25) is 0 Å². The van der Waals surface area contributed by atoms with Crippen molar-refractivity contribution in [3.05, 3.63) is 59.4 Å². The molecule has 1 N–H and O–H groups in total. The first-order valence-electron chi connectivity index (χ1n) is 9.18. The molecule has 6 nitrogen and oxygen atoms in total. The van der Waals surface area contributed by atoms with Crippen molar-refractivity contribution in [1.82, 2.24) is 10.2 Å². The zero-order valence-electron chi connectivity index (χ0n) is 16.2. The summed E-state index contributed by atoms with van der Waals surface area (Å²) in [5.74, 6) is 1.22. The summed E-state index contributed by atoms with van der Waals surface area (Å²) in [5, 5.41) is 12.1. The van der Waals surface area contributed by atoms with Gasteiger partial charge in [0.05, 0.1) is 24.4 Å². The van der Waals surface area contributed by atoms with E-state index in [0.717, 1.165) is 43.6 Å². The van der Waals surface area contributed by atoms with Gasteiger partial charge in [-0.2, -0.15) is 5.26 Å². The van der Waals surface area contributed by atoms with Gasteiger partial charge < -0.3 is 19.9 Å². The lowest BCUT2D eigenvalue weighted by Gasteiger charge is -2.38. The number of rotatable bonds is 4. The molecule has 2 aromatic rings. The molecule has 2 aromatic carbocycles. The SMILES string of the molecule is CN=C(NCc1ccc(C#N)cc1F)N1CCN(c2ccccc2OC)CC1. The van der Waals surface area contributed by atoms with Crippen molar-refractivity contribution in [3.63, 3.8) is 0 Å². The molecule has 146 valence electrons. The summed E-state index contributed by atoms with van der Waals surface area (Å²) < 4.78 is 19.5. The Hall–Kier alpha value is -3.27. The second-order valence-electron chi connectivity index (χ2n) is 6.46. The smallest absolute Gasteiger partial charge is 0.194 e. The first kappa shape index (κ1) is 19.5. The molecule has 1 heterocycles. The summed E-state index contributed by atoms with van der Waals surface area (Å²) in [5.41, 5.74) is 1.91. The summed E-state index contributed by atoms with van der Waals surface area (Å²) >= 11 is 0. The van der Waals surface area contributed by atoms with Gasteiger partial charge in [-0.1, -0.05) is 18.2 Å². The Morgan fingerprint density at radius 2 is 1.96 bits per heavy atom. The molecule has 0 amide bonds. The first-order valence-corrected chi connectivity index (χ1v) is 9.18. The second kappa shape index (κ2) is 9.09. The van der Waals surface area contributed by atoms with E-state index >= 15 is 0 Å². The van der Waals surface area contributed by atoms with Gasteiger partial charge in [-0.05, 0) is 24.3 Å². The minimum absolute atomic E-state index is 0.316. The average Bonchev–Trinajstić information content (AvgIpc) is 2.75. The lowest BCUT2D eigenvalue weighted by molar-refractivity contribution is 0.366. The molecular weight excluding hydrogens is 357 g/mol. The fourth-order valence-electron chi connectivity index (χ4n) is 3.32. The molecule has 1 aliphatic heterocycles. The monoisotopic (exact) mass is 381 g/mol. The van der Waals surface area contributed by atoms with Crippen molar-refractivity contribution in [1.29, 1.82) is 5.26 Å². The zero-order chi connectivity index (χ0) is 19.9. The van der Waals surface area contributed by atoms with E-state index in [2.05, 4.69) is 26.2 Å². The molecule has 0 spiro atoms. The van der Waals surface area contributed by atoms with Crippen LogP contribution in [0.1, 0.15) is 11.1 Å². The minimum atomic E-state index is -0.386. The highest BCUT2D eigenvalue weighted by Crippen LogP contribution is 2.28. The third-order valence-electron chi connectivity index (χ3n) is 4.84. The number of hydrogen-bond donors (Lipinski definition) is 1. The number of ether oxygens (including phenoxy) is 1. The van der Waals surface area contributed by atoms with Crippen LogP contribution < -0.4 is 15.0 Å². The average molecular weight is 381 g/mol. The van der Waals surface area contributed by atoms with Crippen molar-refractivity contribution >= 4 is 11.6 Å². The zero-order valence-corrected chi connectivity index (χ0v) is 16.2. The molecule has 0 atom stereocenters. The number of anilines is 1. The fraction of sp³-hybridized carbons (Fsp3) is 0.333. The molecule has 1 fully saturated rings. The highest BCUT2D eigenvalue weighted by Gasteiger charge is 2.21. The number of benzene rings is 2. The van der Waals surface area contributed by atoms with E-state index in [4.69, 9.17) is 10.00 Å². The Labute approximate surface area is 164 Å². The molecule has 1 aliphatic rings. The molecule has 0 aromatic heterocycles. The van der Waals surface area contributed by atoms with Crippen LogP contribution in [0, 0.1) is 17.1 Å². The summed E-state index contributed by atoms with van der Waals surface area (Å²) in [6.45, 7) is 3.59. The Morgan fingerprint density at radius 3 is 2.61 bits per heavy atom. The number of para-hydroxylation sites is 2. The Balaban J connectivity index is 1.59. The van der Waals surface area contributed by atoms with Crippen molar-refractivity contribution in [3.8, 4) is 11.8 Å². The third kappa shape index (κ3) is 4.34. The summed E-state index contributed by atoms with van der Waals surface area (Å²) in [4.78, 5) is 8.79. The van der Waals surface area contributed by atoms with E-state index in [9.17, 15) is 4.39 Å². The number of guanidine groups is 1. The molecular formula is C21H24FN5O.